The van der Waals surface area contributed by atoms with E-state index in [1.54, 1.807) is 11.9 Å². The predicted octanol–water partition coefficient (Wildman–Crippen LogP) is 3.61. The summed E-state index contributed by atoms with van der Waals surface area (Å²) in [4.78, 5) is 19.7. The zero-order valence-electron chi connectivity index (χ0n) is 18.9. The molecule has 32 heavy (non-hydrogen) atoms. The molecule has 7 heteroatoms. The Morgan fingerprint density at radius 2 is 1.66 bits per heavy atom. The van der Waals surface area contributed by atoms with Gasteiger partial charge in [-0.05, 0) is 23.8 Å². The van der Waals surface area contributed by atoms with Crippen molar-refractivity contribution in [3.05, 3.63) is 72.1 Å². The lowest BCUT2D eigenvalue weighted by Crippen LogP contribution is -2.71. The summed E-state index contributed by atoms with van der Waals surface area (Å²) in [5, 5.41) is 1.16. The van der Waals surface area contributed by atoms with Gasteiger partial charge in [0.15, 0.2) is 17.2 Å². The lowest BCUT2D eigenvalue weighted by atomic mass is 9.88. The molecule has 3 N–H and O–H groups in total. The number of rotatable bonds is 0. The van der Waals surface area contributed by atoms with Gasteiger partial charge in [0, 0.05) is 35.8 Å². The number of benzene rings is 2. The Bertz CT molecular complexity index is 1130. The normalized spacial score (nSPS) is 20.6. The van der Waals surface area contributed by atoms with Gasteiger partial charge in [-0.25, -0.2) is 0 Å². The third-order valence-corrected chi connectivity index (χ3v) is 5.94. The van der Waals surface area contributed by atoms with Crippen LogP contribution in [0.3, 0.4) is 0 Å². The van der Waals surface area contributed by atoms with Gasteiger partial charge in [-0.1, -0.05) is 50.8 Å². The number of amides is 1. The molecule has 3 aliphatic rings. The van der Waals surface area contributed by atoms with Gasteiger partial charge in [0.1, 0.15) is 0 Å². The van der Waals surface area contributed by atoms with Crippen LogP contribution in [0.15, 0.2) is 60.8 Å². The highest BCUT2D eigenvalue weighted by Crippen LogP contribution is 2.37. The van der Waals surface area contributed by atoms with E-state index in [1.165, 1.54) is 0 Å². The number of carbonyl (C=O) groups excluding carboxylic acids is 1. The Morgan fingerprint density at radius 1 is 1.03 bits per heavy atom. The van der Waals surface area contributed by atoms with Crippen molar-refractivity contribution in [2.75, 3.05) is 20.4 Å². The first-order valence-electron chi connectivity index (χ1n) is 10.9. The molecule has 7 nitrogen and oxygen atoms in total. The molecule has 0 aliphatic carbocycles. The molecule has 3 aromatic rings. The van der Waals surface area contributed by atoms with Crippen molar-refractivity contribution < 1.29 is 14.3 Å². The summed E-state index contributed by atoms with van der Waals surface area (Å²) < 4.78 is 10.2. The highest BCUT2D eigenvalue weighted by Gasteiger charge is 2.49. The van der Waals surface area contributed by atoms with E-state index in [2.05, 4.69) is 23.7 Å². The summed E-state index contributed by atoms with van der Waals surface area (Å²) in [6, 6.07) is 15.8. The third kappa shape index (κ3) is 3.58. The summed E-state index contributed by atoms with van der Waals surface area (Å²) in [6.45, 7) is 9.60. The number of nitrogens with two attached hydrogens (primary N) is 1. The first-order valence-corrected chi connectivity index (χ1v) is 10.9. The fourth-order valence-corrected chi connectivity index (χ4v) is 4.45. The Labute approximate surface area is 188 Å². The third-order valence-electron chi connectivity index (χ3n) is 5.94. The largest absolute Gasteiger partial charge is 0.454 e. The first-order chi connectivity index (χ1) is 15.5. The van der Waals surface area contributed by atoms with E-state index >= 15 is 0 Å². The molecule has 1 unspecified atom stereocenters. The summed E-state index contributed by atoms with van der Waals surface area (Å²) in [6.07, 6.45) is 0.508. The molecule has 0 bridgehead atoms. The fraction of sp³-hybridized carbons (Fsp3) is 0.320. The summed E-state index contributed by atoms with van der Waals surface area (Å²) in [7, 11) is 1.78. The molecule has 1 amide bonds. The number of hydrogen-bond acceptors (Lipinski definition) is 5. The molecule has 3 aliphatic heterocycles. The van der Waals surface area contributed by atoms with E-state index in [9.17, 15) is 4.79 Å². The molecule has 0 radical (unpaired) electrons. The van der Waals surface area contributed by atoms with Crippen LogP contribution >= 0.6 is 0 Å². The number of aromatic amines is 1. The number of para-hydroxylation sites is 3. The van der Waals surface area contributed by atoms with Crippen LogP contribution in [0.25, 0.3) is 10.9 Å². The van der Waals surface area contributed by atoms with E-state index in [0.29, 0.717) is 26.3 Å². The van der Waals surface area contributed by atoms with Crippen molar-refractivity contribution >= 4 is 16.8 Å². The minimum absolute atomic E-state index is 0.0363. The topological polar surface area (TPSA) is 83.8 Å². The Balaban J connectivity index is 0.000000185. The molecule has 6 rings (SSSR count). The van der Waals surface area contributed by atoms with Gasteiger partial charge >= 0.3 is 0 Å². The molecule has 2 aromatic carbocycles. The molecular formula is C25H30N4O3. The minimum atomic E-state index is -1.01. The zero-order valence-corrected chi connectivity index (χ0v) is 18.9. The second kappa shape index (κ2) is 8.59. The summed E-state index contributed by atoms with van der Waals surface area (Å²) in [5.74, 6) is 1.65. The highest BCUT2D eigenvalue weighted by atomic mass is 16.7. The number of nitrogens with one attached hydrogen (secondary N) is 1. The van der Waals surface area contributed by atoms with Gasteiger partial charge in [-0.2, -0.15) is 0 Å². The SMILES string of the molecule is C=C1CN(C)C(=O)C2(N)Cc3c([nH]c4ccccc34)CN12.CC.c1ccc2c(c1)OCO2. The van der Waals surface area contributed by atoms with Gasteiger partial charge < -0.3 is 30.0 Å². The smallest absolute Gasteiger partial charge is 0.263 e. The number of carbonyl (C=O) groups is 1. The molecule has 0 saturated carbocycles. The van der Waals surface area contributed by atoms with Crippen molar-refractivity contribution in [1.82, 2.24) is 14.8 Å². The van der Waals surface area contributed by atoms with E-state index < -0.39 is 5.66 Å². The van der Waals surface area contributed by atoms with E-state index in [4.69, 9.17) is 15.2 Å². The second-order valence-corrected chi connectivity index (χ2v) is 7.90. The number of fused-ring (bicyclic) bond motifs is 5. The van der Waals surface area contributed by atoms with Crippen LogP contribution in [0, 0.1) is 0 Å². The van der Waals surface area contributed by atoms with Gasteiger partial charge in [-0.3, -0.25) is 4.79 Å². The van der Waals surface area contributed by atoms with E-state index in [1.807, 2.05) is 55.1 Å². The molecule has 1 fully saturated rings. The van der Waals surface area contributed by atoms with Gasteiger partial charge in [0.05, 0.1) is 13.1 Å². The van der Waals surface area contributed by atoms with Crippen LogP contribution in [-0.2, 0) is 17.8 Å². The summed E-state index contributed by atoms with van der Waals surface area (Å²) >= 11 is 0. The van der Waals surface area contributed by atoms with Crippen LogP contribution in [0.4, 0.5) is 0 Å². The summed E-state index contributed by atoms with van der Waals surface area (Å²) in [5.41, 5.74) is 9.78. The number of H-pyrrole nitrogens is 1. The maximum atomic E-state index is 12.6. The standard InChI is InChI=1S/C16H18N4O.C7H6O2.C2H6/c1-10-8-19(2)15(21)16(17)7-12-11-5-3-4-6-13(11)18-14(12)9-20(10)16;1-2-4-7-6(3-1)8-5-9-7;1-2/h3-6,18H,1,7-9,17H2,2H3;1-4H,5H2;1-2H3. The lowest BCUT2D eigenvalue weighted by molar-refractivity contribution is -0.147. The Morgan fingerprint density at radius 3 is 2.34 bits per heavy atom. The number of aromatic nitrogens is 1. The average molecular weight is 435 g/mol. The van der Waals surface area contributed by atoms with Gasteiger partial charge in [-0.15, -0.1) is 0 Å². The van der Waals surface area contributed by atoms with Crippen molar-refractivity contribution in [1.29, 1.82) is 0 Å². The number of hydrogen-bond donors (Lipinski definition) is 2. The number of piperazine rings is 1. The maximum absolute atomic E-state index is 12.6. The highest BCUT2D eigenvalue weighted by molar-refractivity contribution is 5.91. The van der Waals surface area contributed by atoms with Crippen LogP contribution in [0.1, 0.15) is 25.1 Å². The van der Waals surface area contributed by atoms with Crippen molar-refractivity contribution in [3.8, 4) is 11.5 Å². The van der Waals surface area contributed by atoms with E-state index in [-0.39, 0.29) is 5.91 Å². The number of likely N-dealkylation sites (N-methyl/N-ethyl adjacent to an activating group) is 1. The quantitative estimate of drug-likeness (QED) is 0.565. The second-order valence-electron chi connectivity index (χ2n) is 7.90. The van der Waals surface area contributed by atoms with Crippen LogP contribution in [0.2, 0.25) is 0 Å². The maximum Gasteiger partial charge on any atom is 0.263 e. The Hall–Kier alpha value is -3.45. The molecule has 1 atom stereocenters. The molecule has 4 heterocycles. The van der Waals surface area contributed by atoms with Crippen LogP contribution < -0.4 is 15.2 Å². The average Bonchev–Trinajstić information content (AvgIpc) is 3.43. The van der Waals surface area contributed by atoms with Gasteiger partial charge in [0.2, 0.25) is 6.79 Å². The Kier molecular flexibility index (Phi) is 5.84. The van der Waals surface area contributed by atoms with E-state index in [0.717, 1.165) is 39.4 Å². The van der Waals surface area contributed by atoms with Gasteiger partial charge in [0.25, 0.3) is 5.91 Å². The number of nitrogens with zero attached hydrogens (tertiary/aromatic N) is 2. The molecule has 1 saturated heterocycles. The monoisotopic (exact) mass is 434 g/mol. The fourth-order valence-electron chi connectivity index (χ4n) is 4.45. The minimum Gasteiger partial charge on any atom is -0.454 e. The lowest BCUT2D eigenvalue weighted by Gasteiger charge is -2.50. The molecule has 168 valence electrons. The zero-order chi connectivity index (χ0) is 22.9. The van der Waals surface area contributed by atoms with Crippen LogP contribution in [0.5, 0.6) is 11.5 Å². The van der Waals surface area contributed by atoms with Crippen molar-refractivity contribution in [2.45, 2.75) is 32.5 Å². The molecule has 1 aromatic heterocycles. The van der Waals surface area contributed by atoms with Crippen LogP contribution in [-0.4, -0.2) is 46.7 Å². The first kappa shape index (κ1) is 21.8. The van der Waals surface area contributed by atoms with Crippen molar-refractivity contribution in [3.63, 3.8) is 0 Å². The molecular weight excluding hydrogens is 404 g/mol. The number of ether oxygens (including phenoxy) is 2. The predicted molar refractivity (Wildman–Crippen MR) is 125 cm³/mol. The van der Waals surface area contributed by atoms with Crippen molar-refractivity contribution in [2.24, 2.45) is 5.73 Å². The molecule has 0 spiro atoms.